The van der Waals surface area contributed by atoms with E-state index in [-0.39, 0.29) is 0 Å². The summed E-state index contributed by atoms with van der Waals surface area (Å²) in [5.41, 5.74) is 1.19. The van der Waals surface area contributed by atoms with Crippen LogP contribution in [0.5, 0.6) is 0 Å². The van der Waals surface area contributed by atoms with Crippen LogP contribution in [0.15, 0.2) is 34.7 Å². The summed E-state index contributed by atoms with van der Waals surface area (Å²) < 4.78 is 1.13. The summed E-state index contributed by atoms with van der Waals surface area (Å²) >= 11 is 3.50. The molecule has 1 atom stereocenters. The molecule has 2 heterocycles. The molecule has 0 saturated heterocycles. The number of hydrogen-bond acceptors (Lipinski definition) is 2. The van der Waals surface area contributed by atoms with Crippen molar-refractivity contribution in [3.05, 3.63) is 34.7 Å². The second-order valence-electron chi connectivity index (χ2n) is 2.64. The van der Waals surface area contributed by atoms with Crippen molar-refractivity contribution >= 4 is 15.9 Å². The Labute approximate surface area is 74.4 Å². The predicted molar refractivity (Wildman–Crippen MR) is 48.7 cm³/mol. The lowest BCUT2D eigenvalue weighted by Gasteiger charge is -2.22. The number of fused-ring (bicyclic) bond motifs is 1. The van der Waals surface area contributed by atoms with E-state index < -0.39 is 0 Å². The Morgan fingerprint density at radius 2 is 2.36 bits per heavy atom. The van der Waals surface area contributed by atoms with Crippen molar-refractivity contribution in [2.45, 2.75) is 13.1 Å². The van der Waals surface area contributed by atoms with Gasteiger partial charge in [-0.05, 0) is 35.0 Å². The molecule has 2 aliphatic heterocycles. The summed E-state index contributed by atoms with van der Waals surface area (Å²) in [4.78, 5) is 2.15. The maximum absolute atomic E-state index is 3.50. The van der Waals surface area contributed by atoms with E-state index in [9.17, 15) is 0 Å². The number of nitrogens with zero attached hydrogens (tertiary/aromatic N) is 1. The number of hydrogen-bond donors (Lipinski definition) is 1. The van der Waals surface area contributed by atoms with Crippen LogP contribution in [0, 0.1) is 0 Å². The van der Waals surface area contributed by atoms with Gasteiger partial charge in [0.2, 0.25) is 0 Å². The van der Waals surface area contributed by atoms with Crippen molar-refractivity contribution in [1.29, 1.82) is 0 Å². The van der Waals surface area contributed by atoms with Gasteiger partial charge in [-0.2, -0.15) is 0 Å². The minimum absolute atomic E-state index is 0.314. The number of nitrogens with one attached hydrogen (secondary N) is 1. The summed E-state index contributed by atoms with van der Waals surface area (Å²) in [6, 6.07) is 0. The van der Waals surface area contributed by atoms with E-state index in [2.05, 4.69) is 45.3 Å². The second-order valence-corrected chi connectivity index (χ2v) is 3.39. The molecule has 0 aromatic rings. The van der Waals surface area contributed by atoms with E-state index in [0.29, 0.717) is 6.17 Å². The maximum Gasteiger partial charge on any atom is 0.123 e. The van der Waals surface area contributed by atoms with Crippen LogP contribution in [0.4, 0.5) is 0 Å². The quantitative estimate of drug-likeness (QED) is 0.618. The third-order valence-electron chi connectivity index (χ3n) is 1.85. The average molecular weight is 213 g/mol. The fourth-order valence-corrected chi connectivity index (χ4v) is 1.73. The van der Waals surface area contributed by atoms with E-state index in [4.69, 9.17) is 0 Å². The molecule has 0 fully saturated rings. The Kier molecular flexibility index (Phi) is 1.53. The van der Waals surface area contributed by atoms with Gasteiger partial charge in [0, 0.05) is 11.9 Å². The zero-order valence-corrected chi connectivity index (χ0v) is 7.80. The molecule has 3 heteroatoms. The first-order valence-corrected chi connectivity index (χ1v) is 4.34. The summed E-state index contributed by atoms with van der Waals surface area (Å²) in [5, 5.41) is 3.33. The Bertz CT molecular complexity index is 265. The highest BCUT2D eigenvalue weighted by molar-refractivity contribution is 9.11. The fraction of sp³-hybridized carbons (Fsp3) is 0.250. The lowest BCUT2D eigenvalue weighted by molar-refractivity contribution is 0.419. The van der Waals surface area contributed by atoms with Crippen molar-refractivity contribution in [1.82, 2.24) is 10.2 Å². The summed E-state index contributed by atoms with van der Waals surface area (Å²) in [5.74, 6) is 0. The molecule has 11 heavy (non-hydrogen) atoms. The van der Waals surface area contributed by atoms with E-state index in [1.165, 1.54) is 5.70 Å². The zero-order valence-electron chi connectivity index (χ0n) is 6.21. The van der Waals surface area contributed by atoms with Crippen molar-refractivity contribution in [3.63, 3.8) is 0 Å². The van der Waals surface area contributed by atoms with Gasteiger partial charge in [0.25, 0.3) is 0 Å². The maximum atomic E-state index is 3.50. The zero-order chi connectivity index (χ0) is 7.84. The minimum atomic E-state index is 0.314. The first-order valence-electron chi connectivity index (χ1n) is 3.55. The first-order chi connectivity index (χ1) is 5.29. The number of allylic oxidation sites excluding steroid dienone is 3. The molecule has 1 unspecified atom stereocenters. The fourth-order valence-electron chi connectivity index (χ4n) is 1.28. The van der Waals surface area contributed by atoms with Gasteiger partial charge in [-0.3, -0.25) is 0 Å². The molecule has 2 aliphatic rings. The molecule has 2 rings (SSSR count). The van der Waals surface area contributed by atoms with E-state index in [0.717, 1.165) is 4.61 Å². The SMILES string of the molecule is CC1=C(Br)N2C=CC=CC2N1. The summed E-state index contributed by atoms with van der Waals surface area (Å²) in [6.45, 7) is 2.06. The van der Waals surface area contributed by atoms with Crippen molar-refractivity contribution in [2.75, 3.05) is 0 Å². The summed E-state index contributed by atoms with van der Waals surface area (Å²) in [6.07, 6.45) is 8.57. The van der Waals surface area contributed by atoms with E-state index in [1.807, 2.05) is 12.2 Å². The van der Waals surface area contributed by atoms with Crippen LogP contribution in [0.25, 0.3) is 0 Å². The van der Waals surface area contributed by atoms with Gasteiger partial charge in [-0.25, -0.2) is 0 Å². The lowest BCUT2D eigenvalue weighted by atomic mass is 10.3. The van der Waals surface area contributed by atoms with Crippen LogP contribution in [0.2, 0.25) is 0 Å². The molecule has 0 spiro atoms. The number of halogens is 1. The Balaban J connectivity index is 2.32. The van der Waals surface area contributed by atoms with E-state index in [1.54, 1.807) is 0 Å². The highest BCUT2D eigenvalue weighted by atomic mass is 79.9. The van der Waals surface area contributed by atoms with Crippen molar-refractivity contribution < 1.29 is 0 Å². The average Bonchev–Trinajstić information content (AvgIpc) is 2.30. The third kappa shape index (κ3) is 0.997. The van der Waals surface area contributed by atoms with Crippen LogP contribution in [-0.2, 0) is 0 Å². The van der Waals surface area contributed by atoms with Gasteiger partial charge >= 0.3 is 0 Å². The van der Waals surface area contributed by atoms with Crippen LogP contribution in [0.1, 0.15) is 6.92 Å². The van der Waals surface area contributed by atoms with Gasteiger partial charge in [0.15, 0.2) is 0 Å². The molecular formula is C8H9BrN2. The monoisotopic (exact) mass is 212 g/mol. The van der Waals surface area contributed by atoms with Crippen molar-refractivity contribution in [2.24, 2.45) is 0 Å². The molecule has 58 valence electrons. The van der Waals surface area contributed by atoms with Gasteiger partial charge < -0.3 is 10.2 Å². The van der Waals surface area contributed by atoms with Crippen molar-refractivity contribution in [3.8, 4) is 0 Å². The molecule has 0 aromatic carbocycles. The van der Waals surface area contributed by atoms with Crippen LogP contribution in [-0.4, -0.2) is 11.1 Å². The normalized spacial score (nSPS) is 27.5. The molecule has 2 nitrogen and oxygen atoms in total. The molecule has 0 amide bonds. The topological polar surface area (TPSA) is 15.3 Å². The first kappa shape index (κ1) is 6.98. The lowest BCUT2D eigenvalue weighted by Crippen LogP contribution is -2.32. The third-order valence-corrected chi connectivity index (χ3v) is 2.86. The second kappa shape index (κ2) is 2.41. The molecule has 1 N–H and O–H groups in total. The van der Waals surface area contributed by atoms with Gasteiger partial charge in [0.05, 0.1) is 0 Å². The van der Waals surface area contributed by atoms with Gasteiger partial charge in [0.1, 0.15) is 10.8 Å². The Morgan fingerprint density at radius 1 is 1.55 bits per heavy atom. The van der Waals surface area contributed by atoms with Crippen LogP contribution >= 0.6 is 15.9 Å². The van der Waals surface area contributed by atoms with E-state index >= 15 is 0 Å². The highest BCUT2D eigenvalue weighted by Gasteiger charge is 2.24. The predicted octanol–water partition coefficient (Wildman–Crippen LogP) is 1.89. The minimum Gasteiger partial charge on any atom is -0.363 e. The molecule has 0 aromatic heterocycles. The Hall–Kier alpha value is -0.700. The molecular weight excluding hydrogens is 204 g/mol. The van der Waals surface area contributed by atoms with Gasteiger partial charge in [-0.1, -0.05) is 6.08 Å². The largest absolute Gasteiger partial charge is 0.363 e. The standard InChI is InChI=1S/C8H9BrN2/c1-6-8(9)11-5-3-2-4-7(11)10-6/h2-5,7,10H,1H3. The number of rotatable bonds is 0. The molecule has 0 saturated carbocycles. The molecule has 0 bridgehead atoms. The molecule has 0 aliphatic carbocycles. The van der Waals surface area contributed by atoms with Crippen LogP contribution in [0.3, 0.4) is 0 Å². The Morgan fingerprint density at radius 3 is 3.09 bits per heavy atom. The van der Waals surface area contributed by atoms with Crippen LogP contribution < -0.4 is 5.32 Å². The summed E-state index contributed by atoms with van der Waals surface area (Å²) in [7, 11) is 0. The highest BCUT2D eigenvalue weighted by Crippen LogP contribution is 2.27. The van der Waals surface area contributed by atoms with Gasteiger partial charge in [-0.15, -0.1) is 0 Å². The molecule has 0 radical (unpaired) electrons. The smallest absolute Gasteiger partial charge is 0.123 e.